The Morgan fingerprint density at radius 3 is 2.00 bits per heavy atom. The molecule has 0 aliphatic heterocycles. The van der Waals surface area contributed by atoms with E-state index in [1.54, 1.807) is 0 Å². The summed E-state index contributed by atoms with van der Waals surface area (Å²) >= 11 is 0. The molecule has 21 heavy (non-hydrogen) atoms. The Labute approximate surface area is 120 Å². The van der Waals surface area contributed by atoms with Crippen LogP contribution in [0.25, 0.3) is 0 Å². The third kappa shape index (κ3) is 3.08. The highest BCUT2D eigenvalue weighted by Crippen LogP contribution is 2.48. The molecule has 0 spiro atoms. The minimum Gasteiger partial charge on any atom is -0.480 e. The minimum absolute atomic E-state index is 0.166. The van der Waals surface area contributed by atoms with E-state index < -0.39 is 29.3 Å². The van der Waals surface area contributed by atoms with Gasteiger partial charge in [-0.05, 0) is 44.4 Å². The van der Waals surface area contributed by atoms with Crippen molar-refractivity contribution in [2.75, 3.05) is 0 Å². The molecule has 5 nitrogen and oxygen atoms in total. The maximum absolute atomic E-state index is 12.8. The van der Waals surface area contributed by atoms with E-state index >= 15 is 0 Å². The summed E-state index contributed by atoms with van der Waals surface area (Å²) in [6.07, 6.45) is -3.14. The van der Waals surface area contributed by atoms with E-state index in [0.29, 0.717) is 18.8 Å². The van der Waals surface area contributed by atoms with Crippen LogP contribution in [0.15, 0.2) is 0 Å². The van der Waals surface area contributed by atoms with Crippen molar-refractivity contribution in [3.8, 4) is 0 Å². The van der Waals surface area contributed by atoms with Crippen molar-refractivity contribution in [1.29, 1.82) is 0 Å². The fourth-order valence-corrected chi connectivity index (χ4v) is 2.72. The molecule has 8 heteroatoms. The molecule has 2 aliphatic carbocycles. The second-order valence-corrected chi connectivity index (χ2v) is 6.23. The number of alkyl halides is 3. The van der Waals surface area contributed by atoms with Gasteiger partial charge in [-0.15, -0.1) is 0 Å². The van der Waals surface area contributed by atoms with Gasteiger partial charge in [0.25, 0.3) is 0 Å². The van der Waals surface area contributed by atoms with Gasteiger partial charge in [0.15, 0.2) is 0 Å². The van der Waals surface area contributed by atoms with Crippen LogP contribution in [0.5, 0.6) is 0 Å². The van der Waals surface area contributed by atoms with Crippen LogP contribution in [0.2, 0.25) is 0 Å². The average Bonchev–Trinajstić information content (AvgIpc) is 3.12. The summed E-state index contributed by atoms with van der Waals surface area (Å²) in [6, 6.07) is -1.05. The number of carboxylic acid groups (broad SMARTS) is 1. The number of aliphatic carboxylic acids is 1. The van der Waals surface area contributed by atoms with Gasteiger partial charge in [-0.1, -0.05) is 6.92 Å². The predicted molar refractivity (Wildman–Crippen MR) is 67.7 cm³/mol. The standard InChI is InChI=1S/C13H19F3N2O3/c1-8-2-4-11(5-3-8,9(19)20)17-10(21)18-12(6-7-12)13(14,15)16/h8H,2-7H2,1H3,(H,19,20)(H2,17,18,21). The van der Waals surface area contributed by atoms with Gasteiger partial charge in [-0.25, -0.2) is 9.59 Å². The van der Waals surface area contributed by atoms with Gasteiger partial charge in [0.1, 0.15) is 11.1 Å². The van der Waals surface area contributed by atoms with Gasteiger partial charge in [0, 0.05) is 0 Å². The van der Waals surface area contributed by atoms with E-state index in [1.807, 2.05) is 12.2 Å². The molecule has 0 aromatic heterocycles. The largest absolute Gasteiger partial charge is 0.480 e. The zero-order valence-electron chi connectivity index (χ0n) is 11.7. The second kappa shape index (κ2) is 5.06. The third-order valence-corrected chi connectivity index (χ3v) is 4.54. The van der Waals surface area contributed by atoms with Crippen LogP contribution in [-0.2, 0) is 4.79 Å². The lowest BCUT2D eigenvalue weighted by Gasteiger charge is -2.37. The number of carbonyl (C=O) groups excluding carboxylic acids is 1. The van der Waals surface area contributed by atoms with E-state index in [9.17, 15) is 27.9 Å². The molecule has 2 saturated carbocycles. The van der Waals surface area contributed by atoms with Crippen molar-refractivity contribution < 1.29 is 27.9 Å². The van der Waals surface area contributed by atoms with Gasteiger partial charge < -0.3 is 15.7 Å². The summed E-state index contributed by atoms with van der Waals surface area (Å²) in [5.41, 5.74) is -3.64. The Hall–Kier alpha value is -1.47. The number of hydrogen-bond acceptors (Lipinski definition) is 2. The molecule has 0 saturated heterocycles. The smallest absolute Gasteiger partial charge is 0.411 e. The van der Waals surface area contributed by atoms with Crippen molar-refractivity contribution >= 4 is 12.0 Å². The number of nitrogens with one attached hydrogen (secondary N) is 2. The normalized spacial score (nSPS) is 31.3. The Kier molecular flexibility index (Phi) is 3.84. The summed E-state index contributed by atoms with van der Waals surface area (Å²) in [4.78, 5) is 23.3. The van der Waals surface area contributed by atoms with Gasteiger partial charge in [0.05, 0.1) is 0 Å². The summed E-state index contributed by atoms with van der Waals surface area (Å²) in [7, 11) is 0. The van der Waals surface area contributed by atoms with E-state index in [1.165, 1.54) is 0 Å². The molecular formula is C13H19F3N2O3. The van der Waals surface area contributed by atoms with Crippen LogP contribution < -0.4 is 10.6 Å². The molecule has 0 atom stereocenters. The van der Waals surface area contributed by atoms with Gasteiger partial charge in [0.2, 0.25) is 0 Å². The minimum atomic E-state index is -4.51. The van der Waals surface area contributed by atoms with Gasteiger partial charge >= 0.3 is 18.2 Å². The van der Waals surface area contributed by atoms with E-state index in [4.69, 9.17) is 0 Å². The summed E-state index contributed by atoms with van der Waals surface area (Å²) < 4.78 is 38.3. The van der Waals surface area contributed by atoms with Crippen molar-refractivity contribution in [2.45, 2.75) is 62.7 Å². The highest BCUT2D eigenvalue weighted by Gasteiger charge is 2.64. The summed E-state index contributed by atoms with van der Waals surface area (Å²) in [5.74, 6) is -0.839. The highest BCUT2D eigenvalue weighted by molar-refractivity contribution is 5.86. The van der Waals surface area contributed by atoms with E-state index in [2.05, 4.69) is 5.32 Å². The molecule has 2 fully saturated rings. The average molecular weight is 308 g/mol. The number of carboxylic acids is 1. The molecule has 0 radical (unpaired) electrons. The zero-order valence-corrected chi connectivity index (χ0v) is 11.7. The molecule has 2 rings (SSSR count). The molecule has 0 aromatic rings. The number of halogens is 3. The molecule has 0 unspecified atom stereocenters. The fourth-order valence-electron chi connectivity index (χ4n) is 2.72. The van der Waals surface area contributed by atoms with Crippen LogP contribution in [0, 0.1) is 5.92 Å². The number of amides is 2. The summed E-state index contributed by atoms with van der Waals surface area (Å²) in [5, 5.41) is 13.5. The van der Waals surface area contributed by atoms with Gasteiger partial charge in [-0.3, -0.25) is 0 Å². The first-order valence-electron chi connectivity index (χ1n) is 7.01. The zero-order chi connectivity index (χ0) is 15.9. The van der Waals surface area contributed by atoms with Crippen LogP contribution in [0.4, 0.5) is 18.0 Å². The molecule has 2 aliphatic rings. The number of hydrogen-bond donors (Lipinski definition) is 3. The summed E-state index contributed by atoms with van der Waals surface area (Å²) in [6.45, 7) is 1.98. The first-order chi connectivity index (χ1) is 9.60. The third-order valence-electron chi connectivity index (χ3n) is 4.54. The highest BCUT2D eigenvalue weighted by atomic mass is 19.4. The number of carbonyl (C=O) groups is 2. The Morgan fingerprint density at radius 2 is 1.62 bits per heavy atom. The molecule has 120 valence electrons. The number of rotatable bonds is 3. The second-order valence-electron chi connectivity index (χ2n) is 6.23. The van der Waals surface area contributed by atoms with E-state index in [0.717, 1.165) is 0 Å². The first-order valence-corrected chi connectivity index (χ1v) is 7.01. The SMILES string of the molecule is CC1CCC(NC(=O)NC2(C(F)(F)F)CC2)(C(=O)O)CC1. The lowest BCUT2D eigenvalue weighted by molar-refractivity contribution is -0.163. The molecule has 0 heterocycles. The maximum atomic E-state index is 12.8. The van der Waals surface area contributed by atoms with Crippen LogP contribution in [-0.4, -0.2) is 34.4 Å². The fraction of sp³-hybridized carbons (Fsp3) is 0.846. The van der Waals surface area contributed by atoms with Crippen molar-refractivity contribution in [3.05, 3.63) is 0 Å². The van der Waals surface area contributed by atoms with Crippen LogP contribution >= 0.6 is 0 Å². The number of urea groups is 1. The van der Waals surface area contributed by atoms with Crippen molar-refractivity contribution in [2.24, 2.45) is 5.92 Å². The van der Waals surface area contributed by atoms with Crippen molar-refractivity contribution in [1.82, 2.24) is 10.6 Å². The first kappa shape index (κ1) is 15.9. The van der Waals surface area contributed by atoms with Crippen molar-refractivity contribution in [3.63, 3.8) is 0 Å². The molecular weight excluding hydrogens is 289 g/mol. The molecule has 0 aromatic carbocycles. The quantitative estimate of drug-likeness (QED) is 0.749. The monoisotopic (exact) mass is 308 g/mol. The Morgan fingerprint density at radius 1 is 1.10 bits per heavy atom. The van der Waals surface area contributed by atoms with Crippen LogP contribution in [0.3, 0.4) is 0 Å². The molecule has 0 bridgehead atoms. The lowest BCUT2D eigenvalue weighted by Crippen LogP contribution is -2.61. The van der Waals surface area contributed by atoms with Crippen LogP contribution in [0.1, 0.15) is 45.4 Å². The topological polar surface area (TPSA) is 78.4 Å². The molecule has 2 amide bonds. The Bertz CT molecular complexity index is 438. The van der Waals surface area contributed by atoms with Gasteiger partial charge in [-0.2, -0.15) is 13.2 Å². The maximum Gasteiger partial charge on any atom is 0.411 e. The lowest BCUT2D eigenvalue weighted by atomic mass is 9.77. The predicted octanol–water partition coefficient (Wildman–Crippen LogP) is 2.41. The van der Waals surface area contributed by atoms with E-state index in [-0.39, 0.29) is 25.7 Å². The Balaban J connectivity index is 2.02. The molecule has 3 N–H and O–H groups in total.